The van der Waals surface area contributed by atoms with Gasteiger partial charge in [0.05, 0.1) is 0 Å². The standard InChI is InChI=1S/C15H30N2/c1-2-13(9-10-16)4-3-11-17(15-7-8-15)12-14-5-6-14/h13-15H,2-12,16H2,1H3. The van der Waals surface area contributed by atoms with E-state index in [1.165, 1.54) is 64.5 Å². The minimum atomic E-state index is 0.868. The van der Waals surface area contributed by atoms with Gasteiger partial charge in [-0.05, 0) is 69.9 Å². The molecule has 0 heterocycles. The minimum absolute atomic E-state index is 0.868. The summed E-state index contributed by atoms with van der Waals surface area (Å²) in [5, 5.41) is 0. The van der Waals surface area contributed by atoms with Crippen molar-refractivity contribution < 1.29 is 0 Å². The molecule has 0 aromatic heterocycles. The second kappa shape index (κ2) is 6.75. The van der Waals surface area contributed by atoms with E-state index in [4.69, 9.17) is 5.73 Å². The molecule has 100 valence electrons. The van der Waals surface area contributed by atoms with Gasteiger partial charge in [-0.15, -0.1) is 0 Å². The molecule has 0 radical (unpaired) electrons. The van der Waals surface area contributed by atoms with Crippen molar-refractivity contribution >= 4 is 0 Å². The lowest BCUT2D eigenvalue weighted by Gasteiger charge is -2.23. The number of nitrogens with two attached hydrogens (primary N) is 1. The van der Waals surface area contributed by atoms with Crippen LogP contribution in [0.25, 0.3) is 0 Å². The molecule has 0 aromatic carbocycles. The molecule has 0 amide bonds. The van der Waals surface area contributed by atoms with Crippen LogP contribution in [0.15, 0.2) is 0 Å². The smallest absolute Gasteiger partial charge is 0.00965 e. The first-order chi connectivity index (χ1) is 8.33. The van der Waals surface area contributed by atoms with E-state index in [-0.39, 0.29) is 0 Å². The second-order valence-corrected chi connectivity index (χ2v) is 6.16. The van der Waals surface area contributed by atoms with Crippen molar-refractivity contribution in [2.24, 2.45) is 17.6 Å². The summed E-state index contributed by atoms with van der Waals surface area (Å²) in [5.41, 5.74) is 5.66. The predicted molar refractivity (Wildman–Crippen MR) is 74.0 cm³/mol. The first-order valence-corrected chi connectivity index (χ1v) is 7.77. The summed E-state index contributed by atoms with van der Waals surface area (Å²) >= 11 is 0. The van der Waals surface area contributed by atoms with E-state index in [0.29, 0.717) is 0 Å². The van der Waals surface area contributed by atoms with Crippen LogP contribution in [0.5, 0.6) is 0 Å². The lowest BCUT2D eigenvalue weighted by atomic mass is 9.96. The van der Waals surface area contributed by atoms with Crippen LogP contribution in [-0.2, 0) is 0 Å². The van der Waals surface area contributed by atoms with E-state index in [0.717, 1.165) is 24.4 Å². The van der Waals surface area contributed by atoms with Crippen LogP contribution in [-0.4, -0.2) is 30.6 Å². The third-order valence-corrected chi connectivity index (χ3v) is 4.46. The topological polar surface area (TPSA) is 29.3 Å². The molecule has 2 aliphatic rings. The Morgan fingerprint density at radius 2 is 1.94 bits per heavy atom. The van der Waals surface area contributed by atoms with Crippen LogP contribution in [0.4, 0.5) is 0 Å². The van der Waals surface area contributed by atoms with Crippen molar-refractivity contribution in [3.05, 3.63) is 0 Å². The van der Waals surface area contributed by atoms with Gasteiger partial charge in [0.2, 0.25) is 0 Å². The molecule has 0 spiro atoms. The summed E-state index contributed by atoms with van der Waals surface area (Å²) < 4.78 is 0. The van der Waals surface area contributed by atoms with Gasteiger partial charge in [-0.3, -0.25) is 0 Å². The Balaban J connectivity index is 1.60. The third-order valence-electron chi connectivity index (χ3n) is 4.46. The molecule has 1 atom stereocenters. The zero-order chi connectivity index (χ0) is 12.1. The Morgan fingerprint density at radius 1 is 1.18 bits per heavy atom. The summed E-state index contributed by atoms with van der Waals surface area (Å²) in [6.45, 7) is 5.93. The summed E-state index contributed by atoms with van der Waals surface area (Å²) in [6, 6.07) is 0.963. The Morgan fingerprint density at radius 3 is 2.47 bits per heavy atom. The highest BCUT2D eigenvalue weighted by Gasteiger charge is 2.33. The molecule has 2 heteroatoms. The maximum absolute atomic E-state index is 5.66. The molecule has 2 fully saturated rings. The SMILES string of the molecule is CCC(CCN)CCCN(CC1CC1)C1CC1. The summed E-state index contributed by atoms with van der Waals surface area (Å²) in [5.74, 6) is 1.93. The van der Waals surface area contributed by atoms with Crippen molar-refractivity contribution in [1.82, 2.24) is 4.90 Å². The molecule has 2 nitrogen and oxygen atoms in total. The number of rotatable bonds is 10. The fourth-order valence-electron chi connectivity index (χ4n) is 2.87. The molecule has 2 saturated carbocycles. The maximum atomic E-state index is 5.66. The lowest BCUT2D eigenvalue weighted by Crippen LogP contribution is -2.29. The Hall–Kier alpha value is -0.0800. The minimum Gasteiger partial charge on any atom is -0.330 e. The summed E-state index contributed by atoms with van der Waals surface area (Å²) in [6.07, 6.45) is 11.2. The third kappa shape index (κ3) is 4.97. The molecule has 0 bridgehead atoms. The first kappa shape index (κ1) is 13.4. The van der Waals surface area contributed by atoms with Crippen LogP contribution in [0.3, 0.4) is 0 Å². The molecule has 17 heavy (non-hydrogen) atoms. The fraction of sp³-hybridized carbons (Fsp3) is 1.00. The number of hydrogen-bond donors (Lipinski definition) is 1. The monoisotopic (exact) mass is 238 g/mol. The molecule has 0 aromatic rings. The van der Waals surface area contributed by atoms with Gasteiger partial charge >= 0.3 is 0 Å². The van der Waals surface area contributed by atoms with Crippen LogP contribution < -0.4 is 5.73 Å². The molecule has 2 N–H and O–H groups in total. The Bertz CT molecular complexity index is 209. The molecule has 0 aliphatic heterocycles. The average Bonchev–Trinajstić information content (AvgIpc) is 3.16. The lowest BCUT2D eigenvalue weighted by molar-refractivity contribution is 0.239. The molecule has 0 saturated heterocycles. The number of nitrogens with zero attached hydrogens (tertiary/aromatic N) is 1. The highest BCUT2D eigenvalue weighted by molar-refractivity contribution is 4.88. The van der Waals surface area contributed by atoms with E-state index in [2.05, 4.69) is 11.8 Å². The van der Waals surface area contributed by atoms with Crippen LogP contribution in [0.1, 0.15) is 58.3 Å². The van der Waals surface area contributed by atoms with Gasteiger partial charge in [0.15, 0.2) is 0 Å². The van der Waals surface area contributed by atoms with E-state index >= 15 is 0 Å². The van der Waals surface area contributed by atoms with Gasteiger partial charge in [-0.2, -0.15) is 0 Å². The predicted octanol–water partition coefficient (Wildman–Crippen LogP) is 3.02. The maximum Gasteiger partial charge on any atom is 0.00965 e. The zero-order valence-corrected chi connectivity index (χ0v) is 11.5. The van der Waals surface area contributed by atoms with Gasteiger partial charge in [-0.1, -0.05) is 13.3 Å². The molecular weight excluding hydrogens is 208 g/mol. The largest absolute Gasteiger partial charge is 0.330 e. The Kier molecular flexibility index (Phi) is 5.30. The van der Waals surface area contributed by atoms with Gasteiger partial charge in [0.1, 0.15) is 0 Å². The van der Waals surface area contributed by atoms with Crippen LogP contribution >= 0.6 is 0 Å². The van der Waals surface area contributed by atoms with Crippen LogP contribution in [0, 0.1) is 11.8 Å². The van der Waals surface area contributed by atoms with Crippen LogP contribution in [0.2, 0.25) is 0 Å². The molecule has 2 rings (SSSR count). The molecule has 2 aliphatic carbocycles. The average molecular weight is 238 g/mol. The number of hydrogen-bond acceptors (Lipinski definition) is 2. The normalized spacial score (nSPS) is 22.1. The molecular formula is C15H30N2. The van der Waals surface area contributed by atoms with Crippen molar-refractivity contribution in [1.29, 1.82) is 0 Å². The van der Waals surface area contributed by atoms with Crippen molar-refractivity contribution in [2.45, 2.75) is 64.3 Å². The second-order valence-electron chi connectivity index (χ2n) is 6.16. The van der Waals surface area contributed by atoms with Crippen molar-refractivity contribution in [3.8, 4) is 0 Å². The van der Waals surface area contributed by atoms with E-state index in [1.54, 1.807) is 0 Å². The van der Waals surface area contributed by atoms with E-state index < -0.39 is 0 Å². The van der Waals surface area contributed by atoms with Crippen molar-refractivity contribution in [3.63, 3.8) is 0 Å². The highest BCUT2D eigenvalue weighted by atomic mass is 15.2. The fourth-order valence-corrected chi connectivity index (χ4v) is 2.87. The molecule has 1 unspecified atom stereocenters. The quantitative estimate of drug-likeness (QED) is 0.634. The Labute approximate surface area is 107 Å². The summed E-state index contributed by atoms with van der Waals surface area (Å²) in [7, 11) is 0. The zero-order valence-electron chi connectivity index (χ0n) is 11.5. The van der Waals surface area contributed by atoms with E-state index in [9.17, 15) is 0 Å². The van der Waals surface area contributed by atoms with Gasteiger partial charge in [0, 0.05) is 12.6 Å². The van der Waals surface area contributed by atoms with Gasteiger partial charge in [0.25, 0.3) is 0 Å². The van der Waals surface area contributed by atoms with Gasteiger partial charge < -0.3 is 10.6 Å². The first-order valence-electron chi connectivity index (χ1n) is 7.77. The van der Waals surface area contributed by atoms with E-state index in [1.807, 2.05) is 0 Å². The van der Waals surface area contributed by atoms with Gasteiger partial charge in [-0.25, -0.2) is 0 Å². The highest BCUT2D eigenvalue weighted by Crippen LogP contribution is 2.35. The summed E-state index contributed by atoms with van der Waals surface area (Å²) in [4.78, 5) is 2.78. The van der Waals surface area contributed by atoms with Crippen molar-refractivity contribution in [2.75, 3.05) is 19.6 Å².